The Morgan fingerprint density at radius 2 is 2.18 bits per heavy atom. The van der Waals surface area contributed by atoms with Crippen LogP contribution < -0.4 is 5.73 Å². The molecule has 0 fully saturated rings. The number of anilines is 1. The Morgan fingerprint density at radius 1 is 1.55 bits per heavy atom. The van der Waals surface area contributed by atoms with E-state index in [0.29, 0.717) is 15.6 Å². The highest BCUT2D eigenvalue weighted by Gasteiger charge is 2.06. The summed E-state index contributed by atoms with van der Waals surface area (Å²) in [6.45, 7) is 0. The van der Waals surface area contributed by atoms with Crippen molar-refractivity contribution in [3.8, 4) is 0 Å². The lowest BCUT2D eigenvalue weighted by Crippen LogP contribution is -1.96. The lowest BCUT2D eigenvalue weighted by molar-refractivity contribution is 0.687. The summed E-state index contributed by atoms with van der Waals surface area (Å²) in [5, 5.41) is 0.464. The van der Waals surface area contributed by atoms with Crippen molar-refractivity contribution in [1.82, 2.24) is 0 Å². The summed E-state index contributed by atoms with van der Waals surface area (Å²) < 4.78 is 11.0. The van der Waals surface area contributed by atoms with Gasteiger partial charge in [-0.1, -0.05) is 17.7 Å². The highest BCUT2D eigenvalue weighted by molar-refractivity contribution is 7.84. The van der Waals surface area contributed by atoms with Crippen molar-refractivity contribution in [2.45, 2.75) is 4.90 Å². The van der Waals surface area contributed by atoms with Crippen molar-refractivity contribution in [2.24, 2.45) is 0 Å². The van der Waals surface area contributed by atoms with Gasteiger partial charge in [-0.2, -0.15) is 0 Å². The molecule has 0 amide bonds. The van der Waals surface area contributed by atoms with E-state index in [-0.39, 0.29) is 0 Å². The molecule has 1 rings (SSSR count). The number of nitrogen functional groups attached to an aromatic ring is 1. The molecule has 2 nitrogen and oxygen atoms in total. The third-order valence-corrected chi connectivity index (χ3v) is 2.74. The van der Waals surface area contributed by atoms with Crippen molar-refractivity contribution >= 4 is 28.1 Å². The maximum absolute atomic E-state index is 11.0. The third kappa shape index (κ3) is 1.73. The van der Waals surface area contributed by atoms with Gasteiger partial charge in [-0.3, -0.25) is 4.21 Å². The summed E-state index contributed by atoms with van der Waals surface area (Å²) in [6.07, 6.45) is 1.55. The highest BCUT2D eigenvalue weighted by atomic mass is 35.5. The molecule has 60 valence electrons. The third-order valence-electron chi connectivity index (χ3n) is 1.28. The fourth-order valence-electron chi connectivity index (χ4n) is 0.829. The van der Waals surface area contributed by atoms with E-state index in [9.17, 15) is 4.21 Å². The molecule has 1 atom stereocenters. The van der Waals surface area contributed by atoms with Crippen LogP contribution in [0.3, 0.4) is 0 Å². The summed E-state index contributed by atoms with van der Waals surface area (Å²) in [5.74, 6) is 0. The minimum atomic E-state index is -1.11. The second-order valence-electron chi connectivity index (χ2n) is 2.11. The van der Waals surface area contributed by atoms with Crippen molar-refractivity contribution in [2.75, 3.05) is 12.0 Å². The Kier molecular flexibility index (Phi) is 2.52. The Morgan fingerprint density at radius 3 is 2.55 bits per heavy atom. The van der Waals surface area contributed by atoms with E-state index in [0.717, 1.165) is 0 Å². The molecule has 0 saturated carbocycles. The lowest BCUT2D eigenvalue weighted by Gasteiger charge is -2.02. The molecule has 0 aliphatic rings. The van der Waals surface area contributed by atoms with Gasteiger partial charge in [0.1, 0.15) is 0 Å². The molecule has 1 aromatic rings. The molecular formula is C7H8ClNOS. The molecule has 0 spiro atoms. The second-order valence-corrected chi connectivity index (χ2v) is 3.84. The van der Waals surface area contributed by atoms with Gasteiger partial charge in [-0.15, -0.1) is 0 Å². The van der Waals surface area contributed by atoms with Gasteiger partial charge in [0.2, 0.25) is 0 Å². The fraction of sp³-hybridized carbons (Fsp3) is 0.143. The van der Waals surface area contributed by atoms with E-state index in [4.69, 9.17) is 17.3 Å². The van der Waals surface area contributed by atoms with Gasteiger partial charge in [-0.05, 0) is 12.1 Å². The smallest absolute Gasteiger partial charge is 0.0800 e. The molecular weight excluding hydrogens is 182 g/mol. The van der Waals surface area contributed by atoms with E-state index < -0.39 is 10.8 Å². The molecule has 1 aromatic carbocycles. The van der Waals surface area contributed by atoms with Crippen LogP contribution in [0.2, 0.25) is 5.02 Å². The van der Waals surface area contributed by atoms with Gasteiger partial charge < -0.3 is 5.73 Å². The molecule has 0 heterocycles. The number of hydrogen-bond acceptors (Lipinski definition) is 2. The molecule has 0 aliphatic heterocycles. The first-order chi connectivity index (χ1) is 5.13. The first-order valence-corrected chi connectivity index (χ1v) is 4.94. The summed E-state index contributed by atoms with van der Waals surface area (Å²) in [7, 11) is -1.11. The SMILES string of the molecule is CS(=O)c1c(N)cccc1Cl. The van der Waals surface area contributed by atoms with Gasteiger partial charge in [0, 0.05) is 11.9 Å². The Balaban J connectivity index is 3.32. The predicted octanol–water partition coefficient (Wildman–Crippen LogP) is 1.66. The van der Waals surface area contributed by atoms with Crippen molar-refractivity contribution in [1.29, 1.82) is 0 Å². The predicted molar refractivity (Wildman–Crippen MR) is 48.2 cm³/mol. The summed E-state index contributed by atoms with van der Waals surface area (Å²) in [5.41, 5.74) is 6.03. The zero-order chi connectivity index (χ0) is 8.43. The van der Waals surface area contributed by atoms with Gasteiger partial charge in [0.05, 0.1) is 20.7 Å². The van der Waals surface area contributed by atoms with Gasteiger partial charge in [0.15, 0.2) is 0 Å². The normalized spacial score (nSPS) is 12.9. The van der Waals surface area contributed by atoms with Crippen LogP contribution in [0.5, 0.6) is 0 Å². The van der Waals surface area contributed by atoms with Crippen LogP contribution in [0.15, 0.2) is 23.1 Å². The van der Waals surface area contributed by atoms with Gasteiger partial charge in [0.25, 0.3) is 0 Å². The quantitative estimate of drug-likeness (QED) is 0.683. The number of hydrogen-bond donors (Lipinski definition) is 1. The fourth-order valence-corrected chi connectivity index (χ4v) is 2.08. The Hall–Kier alpha value is -0.540. The van der Waals surface area contributed by atoms with Gasteiger partial charge in [-0.25, -0.2) is 0 Å². The van der Waals surface area contributed by atoms with Crippen LogP contribution in [-0.4, -0.2) is 10.5 Å². The summed E-state index contributed by atoms with van der Waals surface area (Å²) in [4.78, 5) is 0.522. The molecule has 0 aliphatic carbocycles. The van der Waals surface area contributed by atoms with Crippen molar-refractivity contribution in [3.63, 3.8) is 0 Å². The van der Waals surface area contributed by atoms with E-state index in [1.54, 1.807) is 24.5 Å². The summed E-state index contributed by atoms with van der Waals surface area (Å²) >= 11 is 5.75. The number of halogens is 1. The van der Waals surface area contributed by atoms with E-state index in [1.807, 2.05) is 0 Å². The lowest BCUT2D eigenvalue weighted by atomic mass is 10.3. The topological polar surface area (TPSA) is 43.1 Å². The minimum absolute atomic E-state index is 0.464. The molecule has 0 bridgehead atoms. The molecule has 4 heteroatoms. The molecule has 0 radical (unpaired) electrons. The highest BCUT2D eigenvalue weighted by Crippen LogP contribution is 2.24. The van der Waals surface area contributed by atoms with Crippen LogP contribution in [0, 0.1) is 0 Å². The van der Waals surface area contributed by atoms with E-state index in [2.05, 4.69) is 0 Å². The molecule has 1 unspecified atom stereocenters. The van der Waals surface area contributed by atoms with Crippen LogP contribution in [0.4, 0.5) is 5.69 Å². The molecule has 2 N–H and O–H groups in total. The molecule has 0 saturated heterocycles. The van der Waals surface area contributed by atoms with Crippen LogP contribution in [0.25, 0.3) is 0 Å². The summed E-state index contributed by atoms with van der Waals surface area (Å²) in [6, 6.07) is 5.09. The molecule has 0 aromatic heterocycles. The Bertz CT molecular complexity index is 280. The van der Waals surface area contributed by atoms with E-state index in [1.165, 1.54) is 0 Å². The average Bonchev–Trinajstić information content (AvgIpc) is 1.85. The number of benzene rings is 1. The maximum Gasteiger partial charge on any atom is 0.0800 e. The standard InChI is InChI=1S/C7H8ClNOS/c1-11(10)7-5(8)3-2-4-6(7)9/h2-4H,9H2,1H3. The zero-order valence-corrected chi connectivity index (χ0v) is 7.58. The monoisotopic (exact) mass is 189 g/mol. The van der Waals surface area contributed by atoms with Crippen LogP contribution in [-0.2, 0) is 10.8 Å². The zero-order valence-electron chi connectivity index (χ0n) is 6.00. The van der Waals surface area contributed by atoms with Crippen LogP contribution >= 0.6 is 11.6 Å². The molecule has 11 heavy (non-hydrogen) atoms. The first-order valence-electron chi connectivity index (χ1n) is 3.00. The largest absolute Gasteiger partial charge is 0.398 e. The second kappa shape index (κ2) is 3.24. The van der Waals surface area contributed by atoms with Crippen molar-refractivity contribution in [3.05, 3.63) is 23.2 Å². The van der Waals surface area contributed by atoms with Gasteiger partial charge >= 0.3 is 0 Å². The Labute approximate surface area is 72.8 Å². The first kappa shape index (κ1) is 8.56. The number of nitrogens with two attached hydrogens (primary N) is 1. The van der Waals surface area contributed by atoms with Crippen molar-refractivity contribution < 1.29 is 4.21 Å². The number of rotatable bonds is 1. The van der Waals surface area contributed by atoms with E-state index >= 15 is 0 Å². The maximum atomic E-state index is 11.0. The van der Waals surface area contributed by atoms with Crippen LogP contribution in [0.1, 0.15) is 0 Å². The average molecular weight is 190 g/mol. The minimum Gasteiger partial charge on any atom is -0.398 e.